The molecule has 0 spiro atoms. The number of carbonyl (C=O) groups excluding carboxylic acids is 1. The molecular weight excluding hydrogens is 318 g/mol. The van der Waals surface area contributed by atoms with Crippen molar-refractivity contribution in [3.8, 4) is 0 Å². The Morgan fingerprint density at radius 3 is 2.00 bits per heavy atom. The quantitative estimate of drug-likeness (QED) is 0.689. The van der Waals surface area contributed by atoms with Crippen molar-refractivity contribution in [3.63, 3.8) is 0 Å². The number of hydrogen-bond donors (Lipinski definition) is 1. The number of amides is 1. The molecule has 3 aromatic carbocycles. The first-order valence-electron chi connectivity index (χ1n) is 7.86. The highest BCUT2D eigenvalue weighted by Crippen LogP contribution is 2.15. The molecule has 0 fully saturated rings. The van der Waals surface area contributed by atoms with Crippen molar-refractivity contribution < 1.29 is 4.79 Å². The van der Waals surface area contributed by atoms with Gasteiger partial charge in [0.25, 0.3) is 0 Å². The second kappa shape index (κ2) is 7.80. The van der Waals surface area contributed by atoms with Crippen molar-refractivity contribution in [1.29, 1.82) is 0 Å². The average molecular weight is 336 g/mol. The third-order valence-electron chi connectivity index (χ3n) is 3.77. The zero-order valence-electron chi connectivity index (χ0n) is 13.2. The molecule has 0 radical (unpaired) electrons. The van der Waals surface area contributed by atoms with Crippen LogP contribution in [-0.2, 0) is 17.6 Å². The lowest BCUT2D eigenvalue weighted by Gasteiger charge is -2.07. The maximum absolute atomic E-state index is 12.1. The zero-order chi connectivity index (χ0) is 16.8. The van der Waals surface area contributed by atoms with Crippen LogP contribution >= 0.6 is 11.6 Å². The van der Waals surface area contributed by atoms with Crippen molar-refractivity contribution in [3.05, 3.63) is 101 Å². The summed E-state index contributed by atoms with van der Waals surface area (Å²) < 4.78 is 0. The van der Waals surface area contributed by atoms with Gasteiger partial charge in [0.1, 0.15) is 0 Å². The highest BCUT2D eigenvalue weighted by atomic mass is 35.5. The summed E-state index contributed by atoms with van der Waals surface area (Å²) >= 11 is 5.85. The Balaban J connectivity index is 1.57. The van der Waals surface area contributed by atoms with E-state index in [1.54, 1.807) is 12.1 Å². The fourth-order valence-electron chi connectivity index (χ4n) is 2.53. The predicted molar refractivity (Wildman–Crippen MR) is 99.5 cm³/mol. The molecule has 3 rings (SSSR count). The van der Waals surface area contributed by atoms with Crippen LogP contribution in [0.5, 0.6) is 0 Å². The molecule has 0 aliphatic heterocycles. The van der Waals surface area contributed by atoms with Crippen molar-refractivity contribution >= 4 is 23.2 Å². The van der Waals surface area contributed by atoms with E-state index in [4.69, 9.17) is 11.6 Å². The zero-order valence-corrected chi connectivity index (χ0v) is 14.0. The second-order valence-electron chi connectivity index (χ2n) is 5.71. The molecule has 3 heteroatoms. The maximum atomic E-state index is 12.1. The van der Waals surface area contributed by atoms with Gasteiger partial charge in [-0.25, -0.2) is 0 Å². The predicted octanol–water partition coefficient (Wildman–Crippen LogP) is 5.11. The van der Waals surface area contributed by atoms with E-state index < -0.39 is 0 Å². The summed E-state index contributed by atoms with van der Waals surface area (Å²) in [6.07, 6.45) is 1.22. The Morgan fingerprint density at radius 1 is 0.750 bits per heavy atom. The Labute approximate surface area is 147 Å². The number of rotatable bonds is 5. The van der Waals surface area contributed by atoms with Crippen molar-refractivity contribution in [2.45, 2.75) is 12.8 Å². The topological polar surface area (TPSA) is 29.1 Å². The van der Waals surface area contributed by atoms with Crippen LogP contribution in [0.4, 0.5) is 5.69 Å². The van der Waals surface area contributed by atoms with Crippen molar-refractivity contribution in [2.24, 2.45) is 0 Å². The van der Waals surface area contributed by atoms with E-state index >= 15 is 0 Å². The van der Waals surface area contributed by atoms with Gasteiger partial charge >= 0.3 is 0 Å². The van der Waals surface area contributed by atoms with Gasteiger partial charge in [-0.1, -0.05) is 66.2 Å². The Morgan fingerprint density at radius 2 is 1.33 bits per heavy atom. The van der Waals surface area contributed by atoms with Crippen LogP contribution in [0.15, 0.2) is 78.9 Å². The first kappa shape index (κ1) is 16.3. The van der Waals surface area contributed by atoms with Crippen LogP contribution < -0.4 is 5.32 Å². The van der Waals surface area contributed by atoms with E-state index in [-0.39, 0.29) is 5.91 Å². The summed E-state index contributed by atoms with van der Waals surface area (Å²) in [4.78, 5) is 12.1. The standard InChI is InChI=1S/C21H18ClNO/c22-19-10-6-18(7-11-19)15-21(24)23-20-12-8-17(9-13-20)14-16-4-2-1-3-5-16/h1-13H,14-15H2,(H,23,24). The number of hydrogen-bond acceptors (Lipinski definition) is 1. The Bertz CT molecular complexity index is 796. The van der Waals surface area contributed by atoms with E-state index in [9.17, 15) is 4.79 Å². The van der Waals surface area contributed by atoms with Crippen molar-refractivity contribution in [2.75, 3.05) is 5.32 Å². The monoisotopic (exact) mass is 335 g/mol. The normalized spacial score (nSPS) is 10.4. The molecule has 0 aliphatic carbocycles. The van der Waals surface area contributed by atoms with Gasteiger partial charge in [0.05, 0.1) is 6.42 Å². The number of anilines is 1. The van der Waals surface area contributed by atoms with Crippen LogP contribution in [0.3, 0.4) is 0 Å². The highest BCUT2D eigenvalue weighted by molar-refractivity contribution is 6.30. The Hall–Kier alpha value is -2.58. The maximum Gasteiger partial charge on any atom is 0.228 e. The summed E-state index contributed by atoms with van der Waals surface area (Å²) in [7, 11) is 0. The third kappa shape index (κ3) is 4.71. The fraction of sp³-hybridized carbons (Fsp3) is 0.0952. The lowest BCUT2D eigenvalue weighted by atomic mass is 10.0. The second-order valence-corrected chi connectivity index (χ2v) is 6.15. The van der Waals surface area contributed by atoms with Crippen LogP contribution in [0.25, 0.3) is 0 Å². The lowest BCUT2D eigenvalue weighted by Crippen LogP contribution is -2.14. The smallest absolute Gasteiger partial charge is 0.228 e. The molecule has 0 aliphatic rings. The molecule has 1 amide bonds. The molecule has 0 heterocycles. The van der Waals surface area contributed by atoms with E-state index in [1.807, 2.05) is 54.6 Å². The number of halogens is 1. The molecule has 2 nitrogen and oxygen atoms in total. The molecule has 0 saturated carbocycles. The summed E-state index contributed by atoms with van der Waals surface area (Å²) in [6.45, 7) is 0. The number of nitrogens with one attached hydrogen (secondary N) is 1. The number of carbonyl (C=O) groups is 1. The first-order valence-corrected chi connectivity index (χ1v) is 8.24. The van der Waals surface area contributed by atoms with Crippen LogP contribution in [0.1, 0.15) is 16.7 Å². The average Bonchev–Trinajstić information content (AvgIpc) is 2.60. The van der Waals surface area contributed by atoms with E-state index in [0.29, 0.717) is 11.4 Å². The van der Waals surface area contributed by atoms with Gasteiger partial charge in [0, 0.05) is 10.7 Å². The molecular formula is C21H18ClNO. The molecule has 0 atom stereocenters. The Kier molecular flexibility index (Phi) is 5.29. The molecule has 1 N–H and O–H groups in total. The SMILES string of the molecule is O=C(Cc1ccc(Cl)cc1)Nc1ccc(Cc2ccccc2)cc1. The largest absolute Gasteiger partial charge is 0.326 e. The first-order chi connectivity index (χ1) is 11.7. The highest BCUT2D eigenvalue weighted by Gasteiger charge is 2.04. The van der Waals surface area contributed by atoms with Gasteiger partial charge in [0.15, 0.2) is 0 Å². The van der Waals surface area contributed by atoms with Gasteiger partial charge < -0.3 is 5.32 Å². The molecule has 120 valence electrons. The van der Waals surface area contributed by atoms with Gasteiger partial charge in [-0.15, -0.1) is 0 Å². The summed E-state index contributed by atoms with van der Waals surface area (Å²) in [6, 6.07) is 25.6. The van der Waals surface area contributed by atoms with Crippen molar-refractivity contribution in [1.82, 2.24) is 0 Å². The van der Waals surface area contributed by atoms with E-state index in [1.165, 1.54) is 11.1 Å². The fourth-order valence-corrected chi connectivity index (χ4v) is 2.66. The minimum absolute atomic E-state index is 0.0341. The van der Waals surface area contributed by atoms with Gasteiger partial charge in [-0.3, -0.25) is 4.79 Å². The summed E-state index contributed by atoms with van der Waals surface area (Å²) in [5, 5.41) is 3.60. The molecule has 0 aromatic heterocycles. The van der Waals surface area contributed by atoms with Gasteiger partial charge in [-0.2, -0.15) is 0 Å². The van der Waals surface area contributed by atoms with Crippen LogP contribution in [-0.4, -0.2) is 5.91 Å². The molecule has 3 aromatic rings. The van der Waals surface area contributed by atoms with Gasteiger partial charge in [-0.05, 0) is 47.4 Å². The molecule has 0 saturated heterocycles. The minimum atomic E-state index is -0.0341. The summed E-state index contributed by atoms with van der Waals surface area (Å²) in [5.41, 5.74) is 4.25. The lowest BCUT2D eigenvalue weighted by molar-refractivity contribution is -0.115. The number of benzene rings is 3. The molecule has 0 bridgehead atoms. The van der Waals surface area contributed by atoms with Crippen LogP contribution in [0, 0.1) is 0 Å². The van der Waals surface area contributed by atoms with Gasteiger partial charge in [0.2, 0.25) is 5.91 Å². The molecule has 24 heavy (non-hydrogen) atoms. The van der Waals surface area contributed by atoms with Crippen LogP contribution in [0.2, 0.25) is 5.02 Å². The minimum Gasteiger partial charge on any atom is -0.326 e. The van der Waals surface area contributed by atoms with E-state index in [0.717, 1.165) is 17.7 Å². The third-order valence-corrected chi connectivity index (χ3v) is 4.02. The summed E-state index contributed by atoms with van der Waals surface area (Å²) in [5.74, 6) is -0.0341. The van der Waals surface area contributed by atoms with E-state index in [2.05, 4.69) is 17.4 Å². The molecule has 0 unspecified atom stereocenters.